The Labute approximate surface area is 185 Å². The number of benzene rings is 2. The lowest BCUT2D eigenvalue weighted by Gasteiger charge is -2.10. The third-order valence-electron chi connectivity index (χ3n) is 5.49. The Morgan fingerprint density at radius 2 is 1.71 bits per heavy atom. The second-order valence-corrected chi connectivity index (χ2v) is 7.86. The number of pyridine rings is 1. The highest BCUT2D eigenvalue weighted by molar-refractivity contribution is 6.30. The predicted molar refractivity (Wildman–Crippen MR) is 122 cm³/mol. The number of carbonyl (C=O) groups is 2. The van der Waals surface area contributed by atoms with Crippen LogP contribution in [-0.4, -0.2) is 27.9 Å². The van der Waals surface area contributed by atoms with Gasteiger partial charge in [-0.25, -0.2) is 9.78 Å². The van der Waals surface area contributed by atoms with Gasteiger partial charge in [-0.05, 0) is 44.2 Å². The first-order chi connectivity index (χ1) is 14.8. The van der Waals surface area contributed by atoms with E-state index in [1.54, 1.807) is 18.2 Å². The quantitative estimate of drug-likeness (QED) is 0.306. The standard InChI is InChI=1S/C25H21ClN2O3/c1-15-12-20(16(2)28(15)3)24(29)14-31-25(30)21-13-23(17-8-10-18(26)11-9-17)27-22-7-5-4-6-19(21)22/h4-13H,14H2,1-3H3. The Morgan fingerprint density at radius 3 is 2.39 bits per heavy atom. The summed E-state index contributed by atoms with van der Waals surface area (Å²) < 4.78 is 7.35. The van der Waals surface area contributed by atoms with Gasteiger partial charge in [-0.15, -0.1) is 0 Å². The zero-order valence-electron chi connectivity index (χ0n) is 17.5. The van der Waals surface area contributed by atoms with E-state index in [9.17, 15) is 9.59 Å². The van der Waals surface area contributed by atoms with E-state index in [0.29, 0.717) is 32.7 Å². The summed E-state index contributed by atoms with van der Waals surface area (Å²) in [6.07, 6.45) is 0. The molecular formula is C25H21ClN2O3. The summed E-state index contributed by atoms with van der Waals surface area (Å²) in [5.74, 6) is -0.793. The zero-order chi connectivity index (χ0) is 22.1. The fraction of sp³-hybridized carbons (Fsp3) is 0.160. The van der Waals surface area contributed by atoms with Crippen molar-refractivity contribution in [3.8, 4) is 11.3 Å². The molecule has 0 atom stereocenters. The number of ether oxygens (including phenoxy) is 1. The number of aryl methyl sites for hydroxylation is 1. The normalized spacial score (nSPS) is 11.0. The number of carbonyl (C=O) groups excluding carboxylic acids is 2. The number of rotatable bonds is 5. The maximum Gasteiger partial charge on any atom is 0.339 e. The van der Waals surface area contributed by atoms with Crippen molar-refractivity contribution in [2.45, 2.75) is 13.8 Å². The molecule has 0 unspecified atom stereocenters. The molecule has 0 amide bonds. The van der Waals surface area contributed by atoms with E-state index in [-0.39, 0.29) is 12.4 Å². The van der Waals surface area contributed by atoms with Crippen molar-refractivity contribution in [1.29, 1.82) is 0 Å². The topological polar surface area (TPSA) is 61.2 Å². The molecule has 0 radical (unpaired) electrons. The summed E-state index contributed by atoms with van der Waals surface area (Å²) in [6.45, 7) is 3.48. The van der Waals surface area contributed by atoms with Gasteiger partial charge in [-0.3, -0.25) is 4.79 Å². The van der Waals surface area contributed by atoms with Crippen molar-refractivity contribution in [3.63, 3.8) is 0 Å². The molecular weight excluding hydrogens is 412 g/mol. The summed E-state index contributed by atoms with van der Waals surface area (Å²) in [5.41, 5.74) is 4.87. The van der Waals surface area contributed by atoms with Crippen LogP contribution in [0.5, 0.6) is 0 Å². The molecule has 6 heteroatoms. The first-order valence-corrected chi connectivity index (χ1v) is 10.2. The average molecular weight is 433 g/mol. The molecule has 0 saturated carbocycles. The van der Waals surface area contributed by atoms with Gasteiger partial charge in [0.25, 0.3) is 0 Å². The Kier molecular flexibility index (Phi) is 5.61. The molecule has 0 fully saturated rings. The molecule has 156 valence electrons. The fourth-order valence-corrected chi connectivity index (χ4v) is 3.66. The number of aromatic nitrogens is 2. The number of esters is 1. The van der Waals surface area contributed by atoms with Crippen LogP contribution in [-0.2, 0) is 11.8 Å². The van der Waals surface area contributed by atoms with Gasteiger partial charge in [0.2, 0.25) is 5.78 Å². The average Bonchev–Trinajstić information content (AvgIpc) is 3.04. The zero-order valence-corrected chi connectivity index (χ0v) is 18.2. The van der Waals surface area contributed by atoms with Gasteiger partial charge in [0.1, 0.15) is 0 Å². The van der Waals surface area contributed by atoms with E-state index in [1.165, 1.54) is 0 Å². The second-order valence-electron chi connectivity index (χ2n) is 7.42. The van der Waals surface area contributed by atoms with E-state index in [0.717, 1.165) is 17.0 Å². The number of fused-ring (bicyclic) bond motifs is 1. The lowest BCUT2D eigenvalue weighted by Crippen LogP contribution is -2.15. The molecule has 2 aromatic heterocycles. The van der Waals surface area contributed by atoms with E-state index < -0.39 is 5.97 Å². The van der Waals surface area contributed by atoms with Crippen molar-refractivity contribution >= 4 is 34.3 Å². The smallest absolute Gasteiger partial charge is 0.339 e. The van der Waals surface area contributed by atoms with Crippen LogP contribution in [0.25, 0.3) is 22.2 Å². The largest absolute Gasteiger partial charge is 0.454 e. The summed E-state index contributed by atoms with van der Waals surface area (Å²) in [5, 5.41) is 1.29. The fourth-order valence-electron chi connectivity index (χ4n) is 3.54. The third kappa shape index (κ3) is 4.09. The van der Waals surface area contributed by atoms with Gasteiger partial charge in [-0.1, -0.05) is 41.9 Å². The number of hydrogen-bond donors (Lipinski definition) is 0. The molecule has 2 heterocycles. The van der Waals surface area contributed by atoms with Crippen molar-refractivity contribution in [1.82, 2.24) is 9.55 Å². The highest BCUT2D eigenvalue weighted by Crippen LogP contribution is 2.26. The van der Waals surface area contributed by atoms with Gasteiger partial charge in [0, 0.05) is 40.0 Å². The Balaban J connectivity index is 1.64. The predicted octanol–water partition coefficient (Wildman–Crippen LogP) is 5.55. The van der Waals surface area contributed by atoms with Crippen LogP contribution in [0.2, 0.25) is 5.02 Å². The van der Waals surface area contributed by atoms with E-state index in [2.05, 4.69) is 4.98 Å². The Bertz CT molecular complexity index is 1310. The van der Waals surface area contributed by atoms with Crippen molar-refractivity contribution < 1.29 is 14.3 Å². The van der Waals surface area contributed by atoms with E-state index in [4.69, 9.17) is 16.3 Å². The highest BCUT2D eigenvalue weighted by Gasteiger charge is 2.19. The number of hydrogen-bond acceptors (Lipinski definition) is 4. The molecule has 0 N–H and O–H groups in total. The SMILES string of the molecule is Cc1cc(C(=O)COC(=O)c2cc(-c3ccc(Cl)cc3)nc3ccccc23)c(C)n1C. The Morgan fingerprint density at radius 1 is 1.00 bits per heavy atom. The van der Waals surface area contributed by atoms with E-state index >= 15 is 0 Å². The first kappa shape index (κ1) is 20.8. The lowest BCUT2D eigenvalue weighted by atomic mass is 10.0. The van der Waals surface area contributed by atoms with Crippen LogP contribution in [0.3, 0.4) is 0 Å². The minimum atomic E-state index is -0.563. The van der Waals surface area contributed by atoms with Crippen LogP contribution in [0, 0.1) is 13.8 Å². The molecule has 5 nitrogen and oxygen atoms in total. The number of ketones is 1. The monoisotopic (exact) mass is 432 g/mol. The maximum atomic E-state index is 13.0. The van der Waals surface area contributed by atoms with Crippen molar-refractivity contribution in [2.75, 3.05) is 6.61 Å². The number of para-hydroxylation sites is 1. The molecule has 0 bridgehead atoms. The molecule has 2 aromatic carbocycles. The molecule has 0 saturated heterocycles. The minimum absolute atomic E-state index is 0.231. The molecule has 0 aliphatic heterocycles. The number of Topliss-reactive ketones (excluding diaryl/α,β-unsaturated/α-hetero) is 1. The molecule has 4 aromatic rings. The van der Waals surface area contributed by atoms with Crippen LogP contribution in [0.1, 0.15) is 32.1 Å². The molecule has 4 rings (SSSR count). The highest BCUT2D eigenvalue weighted by atomic mass is 35.5. The number of halogens is 1. The van der Waals surface area contributed by atoms with Gasteiger partial charge in [0.05, 0.1) is 16.8 Å². The molecule has 0 aliphatic rings. The van der Waals surface area contributed by atoms with Crippen LogP contribution in [0.15, 0.2) is 60.7 Å². The van der Waals surface area contributed by atoms with Crippen LogP contribution < -0.4 is 0 Å². The summed E-state index contributed by atoms with van der Waals surface area (Å²) in [7, 11) is 1.90. The van der Waals surface area contributed by atoms with Gasteiger partial charge in [-0.2, -0.15) is 0 Å². The summed E-state index contributed by atoms with van der Waals surface area (Å²) in [4.78, 5) is 30.3. The molecule has 0 aliphatic carbocycles. The van der Waals surface area contributed by atoms with Gasteiger partial charge >= 0.3 is 5.97 Å². The van der Waals surface area contributed by atoms with Crippen LogP contribution in [0.4, 0.5) is 0 Å². The minimum Gasteiger partial charge on any atom is -0.454 e. The van der Waals surface area contributed by atoms with Crippen molar-refractivity contribution in [2.24, 2.45) is 7.05 Å². The lowest BCUT2D eigenvalue weighted by molar-refractivity contribution is 0.0476. The maximum absolute atomic E-state index is 13.0. The summed E-state index contributed by atoms with van der Waals surface area (Å²) >= 11 is 5.99. The van der Waals surface area contributed by atoms with Crippen molar-refractivity contribution in [3.05, 3.63) is 88.2 Å². The number of nitrogens with zero attached hydrogens (tertiary/aromatic N) is 2. The van der Waals surface area contributed by atoms with E-state index in [1.807, 2.05) is 67.9 Å². The summed E-state index contributed by atoms with van der Waals surface area (Å²) in [6, 6.07) is 18.1. The second kappa shape index (κ2) is 8.36. The van der Waals surface area contributed by atoms with Crippen LogP contribution >= 0.6 is 11.6 Å². The van der Waals surface area contributed by atoms with Gasteiger partial charge < -0.3 is 9.30 Å². The third-order valence-corrected chi connectivity index (χ3v) is 5.74. The van der Waals surface area contributed by atoms with Gasteiger partial charge in [0.15, 0.2) is 6.61 Å². The molecule has 0 spiro atoms. The Hall–Kier alpha value is -3.44. The first-order valence-electron chi connectivity index (χ1n) is 9.84. The molecule has 31 heavy (non-hydrogen) atoms.